The SMILES string of the molecule is Cn1cc(CN(CCC(=O)O)C2CC2)c(C(C)(C)C)n1. The fourth-order valence-corrected chi connectivity index (χ4v) is 2.57. The Morgan fingerprint density at radius 2 is 2.15 bits per heavy atom. The molecule has 1 aliphatic carbocycles. The number of carboxylic acid groups (broad SMARTS) is 1. The van der Waals surface area contributed by atoms with Gasteiger partial charge in [0.25, 0.3) is 0 Å². The van der Waals surface area contributed by atoms with Crippen LogP contribution in [0, 0.1) is 0 Å². The molecule has 0 saturated heterocycles. The molecule has 1 aliphatic rings. The van der Waals surface area contributed by atoms with Gasteiger partial charge in [-0.3, -0.25) is 14.4 Å². The van der Waals surface area contributed by atoms with Crippen molar-refractivity contribution in [1.29, 1.82) is 0 Å². The minimum atomic E-state index is -0.724. The molecule has 0 aliphatic heterocycles. The van der Waals surface area contributed by atoms with Crippen LogP contribution in [0.5, 0.6) is 0 Å². The molecular weight excluding hydrogens is 254 g/mol. The Hall–Kier alpha value is -1.36. The molecule has 0 bridgehead atoms. The number of hydrogen-bond donors (Lipinski definition) is 1. The fourth-order valence-electron chi connectivity index (χ4n) is 2.57. The van der Waals surface area contributed by atoms with E-state index < -0.39 is 5.97 Å². The molecule has 0 atom stereocenters. The van der Waals surface area contributed by atoms with Gasteiger partial charge in [-0.2, -0.15) is 5.10 Å². The Labute approximate surface area is 120 Å². The summed E-state index contributed by atoms with van der Waals surface area (Å²) in [7, 11) is 1.94. The molecule has 0 amide bonds. The van der Waals surface area contributed by atoms with Crippen LogP contribution in [0.4, 0.5) is 0 Å². The monoisotopic (exact) mass is 279 g/mol. The van der Waals surface area contributed by atoms with E-state index >= 15 is 0 Å². The van der Waals surface area contributed by atoms with Gasteiger partial charge >= 0.3 is 5.97 Å². The fraction of sp³-hybridized carbons (Fsp3) is 0.733. The van der Waals surface area contributed by atoms with Gasteiger partial charge in [-0.25, -0.2) is 0 Å². The molecule has 5 heteroatoms. The third-order valence-electron chi connectivity index (χ3n) is 3.66. The van der Waals surface area contributed by atoms with Gasteiger partial charge in [-0.05, 0) is 12.8 Å². The van der Waals surface area contributed by atoms with E-state index in [-0.39, 0.29) is 11.8 Å². The smallest absolute Gasteiger partial charge is 0.304 e. The number of carboxylic acids is 1. The maximum atomic E-state index is 10.8. The summed E-state index contributed by atoms with van der Waals surface area (Å²) in [6.07, 6.45) is 4.65. The van der Waals surface area contributed by atoms with Gasteiger partial charge in [0.15, 0.2) is 0 Å². The van der Waals surface area contributed by atoms with Crippen molar-refractivity contribution >= 4 is 5.97 Å². The zero-order valence-corrected chi connectivity index (χ0v) is 12.9. The summed E-state index contributed by atoms with van der Waals surface area (Å²) in [5.41, 5.74) is 2.34. The van der Waals surface area contributed by atoms with Crippen LogP contribution < -0.4 is 0 Å². The Morgan fingerprint density at radius 3 is 2.65 bits per heavy atom. The number of aliphatic carboxylic acids is 1. The number of hydrogen-bond acceptors (Lipinski definition) is 3. The van der Waals surface area contributed by atoms with Crippen LogP contribution in [0.15, 0.2) is 6.20 Å². The maximum absolute atomic E-state index is 10.8. The second-order valence-corrected chi connectivity index (χ2v) is 6.77. The highest BCUT2D eigenvalue weighted by Crippen LogP contribution is 2.31. The molecule has 112 valence electrons. The third-order valence-corrected chi connectivity index (χ3v) is 3.66. The first kappa shape index (κ1) is 15.0. The number of carbonyl (C=O) groups is 1. The van der Waals surface area contributed by atoms with Crippen LogP contribution in [0.25, 0.3) is 0 Å². The summed E-state index contributed by atoms with van der Waals surface area (Å²) in [5, 5.41) is 13.5. The molecule has 1 aromatic heterocycles. The van der Waals surface area contributed by atoms with Crippen LogP contribution in [-0.4, -0.2) is 38.3 Å². The van der Waals surface area contributed by atoms with Gasteiger partial charge in [-0.15, -0.1) is 0 Å². The summed E-state index contributed by atoms with van der Waals surface area (Å²) < 4.78 is 1.86. The van der Waals surface area contributed by atoms with Crippen molar-refractivity contribution in [2.45, 2.75) is 58.0 Å². The molecule has 1 saturated carbocycles. The number of rotatable bonds is 6. The lowest BCUT2D eigenvalue weighted by Gasteiger charge is -2.23. The van der Waals surface area contributed by atoms with E-state index in [9.17, 15) is 4.79 Å². The molecule has 2 rings (SSSR count). The highest BCUT2D eigenvalue weighted by atomic mass is 16.4. The minimum Gasteiger partial charge on any atom is -0.481 e. The van der Waals surface area contributed by atoms with E-state index in [0.717, 1.165) is 12.2 Å². The molecule has 5 nitrogen and oxygen atoms in total. The van der Waals surface area contributed by atoms with Crippen molar-refractivity contribution in [3.8, 4) is 0 Å². The Balaban J connectivity index is 2.12. The molecule has 0 radical (unpaired) electrons. The average molecular weight is 279 g/mol. The summed E-state index contributed by atoms with van der Waals surface area (Å²) in [4.78, 5) is 13.1. The van der Waals surface area contributed by atoms with Crippen LogP contribution in [0.3, 0.4) is 0 Å². The Bertz CT molecular complexity index is 484. The van der Waals surface area contributed by atoms with Gasteiger partial charge in [0.05, 0.1) is 12.1 Å². The highest BCUT2D eigenvalue weighted by molar-refractivity contribution is 5.66. The maximum Gasteiger partial charge on any atom is 0.304 e. The topological polar surface area (TPSA) is 58.4 Å². The zero-order chi connectivity index (χ0) is 14.9. The number of aryl methyl sites for hydroxylation is 1. The predicted octanol–water partition coefficient (Wildman–Crippen LogP) is 2.16. The Morgan fingerprint density at radius 1 is 1.50 bits per heavy atom. The number of nitrogens with zero attached hydrogens (tertiary/aromatic N) is 3. The third kappa shape index (κ3) is 3.82. The van der Waals surface area contributed by atoms with E-state index in [0.29, 0.717) is 12.6 Å². The first-order valence-corrected chi connectivity index (χ1v) is 7.26. The molecule has 0 spiro atoms. The van der Waals surface area contributed by atoms with E-state index in [4.69, 9.17) is 5.11 Å². The van der Waals surface area contributed by atoms with Crippen molar-refractivity contribution in [3.05, 3.63) is 17.5 Å². The molecular formula is C15H25N3O2. The van der Waals surface area contributed by atoms with E-state index in [1.807, 2.05) is 11.7 Å². The van der Waals surface area contributed by atoms with Gasteiger partial charge in [0.1, 0.15) is 0 Å². The van der Waals surface area contributed by atoms with Crippen LogP contribution in [0.1, 0.15) is 51.3 Å². The van der Waals surface area contributed by atoms with Crippen molar-refractivity contribution < 1.29 is 9.90 Å². The standard InChI is InChI=1S/C15H25N3O2/c1-15(2,3)14-11(9-17(4)16-14)10-18(12-5-6-12)8-7-13(19)20/h9,12H,5-8,10H2,1-4H3,(H,19,20). The summed E-state index contributed by atoms with van der Waals surface area (Å²) in [6.45, 7) is 7.92. The lowest BCUT2D eigenvalue weighted by molar-refractivity contribution is -0.137. The summed E-state index contributed by atoms with van der Waals surface area (Å²) in [5.74, 6) is -0.724. The molecule has 20 heavy (non-hydrogen) atoms. The van der Waals surface area contributed by atoms with Crippen LogP contribution >= 0.6 is 0 Å². The molecule has 1 heterocycles. The summed E-state index contributed by atoms with van der Waals surface area (Å²) >= 11 is 0. The second-order valence-electron chi connectivity index (χ2n) is 6.77. The quantitative estimate of drug-likeness (QED) is 0.867. The highest BCUT2D eigenvalue weighted by Gasteiger charge is 2.31. The molecule has 0 aromatic carbocycles. The van der Waals surface area contributed by atoms with Crippen LogP contribution in [-0.2, 0) is 23.8 Å². The first-order valence-electron chi connectivity index (χ1n) is 7.26. The molecule has 0 unspecified atom stereocenters. The zero-order valence-electron chi connectivity index (χ0n) is 12.9. The second kappa shape index (κ2) is 5.56. The Kier molecular flexibility index (Phi) is 4.18. The van der Waals surface area contributed by atoms with Crippen LogP contribution in [0.2, 0.25) is 0 Å². The van der Waals surface area contributed by atoms with E-state index in [1.54, 1.807) is 0 Å². The summed E-state index contributed by atoms with van der Waals surface area (Å²) in [6, 6.07) is 0.558. The van der Waals surface area contributed by atoms with Gasteiger partial charge in [0, 0.05) is 43.4 Å². The molecule has 1 fully saturated rings. The first-order chi connectivity index (χ1) is 9.27. The lowest BCUT2D eigenvalue weighted by Crippen LogP contribution is -2.29. The van der Waals surface area contributed by atoms with Crippen molar-refractivity contribution in [2.24, 2.45) is 7.05 Å². The van der Waals surface area contributed by atoms with E-state index in [1.165, 1.54) is 18.4 Å². The van der Waals surface area contributed by atoms with Crippen molar-refractivity contribution in [3.63, 3.8) is 0 Å². The number of aromatic nitrogens is 2. The average Bonchev–Trinajstić information content (AvgIpc) is 3.07. The largest absolute Gasteiger partial charge is 0.481 e. The predicted molar refractivity (Wildman–Crippen MR) is 77.6 cm³/mol. The van der Waals surface area contributed by atoms with Gasteiger partial charge in [0.2, 0.25) is 0 Å². The van der Waals surface area contributed by atoms with Crippen molar-refractivity contribution in [2.75, 3.05) is 6.54 Å². The normalized spacial score (nSPS) is 15.8. The van der Waals surface area contributed by atoms with Gasteiger partial charge < -0.3 is 5.11 Å². The lowest BCUT2D eigenvalue weighted by atomic mass is 9.89. The minimum absolute atomic E-state index is 0.0125. The molecule has 1 N–H and O–H groups in total. The van der Waals surface area contributed by atoms with Crippen molar-refractivity contribution in [1.82, 2.24) is 14.7 Å². The van der Waals surface area contributed by atoms with Gasteiger partial charge in [-0.1, -0.05) is 20.8 Å². The molecule has 1 aromatic rings. The van der Waals surface area contributed by atoms with E-state index in [2.05, 4.69) is 37.0 Å².